The van der Waals surface area contributed by atoms with Crippen molar-refractivity contribution in [3.05, 3.63) is 41.0 Å². The largest absolute Gasteiger partial charge is 0.481 e. The second-order valence-corrected chi connectivity index (χ2v) is 5.79. The van der Waals surface area contributed by atoms with Crippen LogP contribution in [-0.2, 0) is 0 Å². The van der Waals surface area contributed by atoms with E-state index in [0.717, 1.165) is 25.5 Å². The van der Waals surface area contributed by atoms with E-state index in [-0.39, 0.29) is 0 Å². The third-order valence-corrected chi connectivity index (χ3v) is 3.97. The van der Waals surface area contributed by atoms with Crippen LogP contribution in [0.5, 0.6) is 5.88 Å². The molecule has 3 rings (SSSR count). The summed E-state index contributed by atoms with van der Waals surface area (Å²) in [5.41, 5.74) is 1.87. The van der Waals surface area contributed by atoms with E-state index in [1.807, 2.05) is 24.3 Å². The fourth-order valence-corrected chi connectivity index (χ4v) is 3.09. The molecule has 19 heavy (non-hydrogen) atoms. The maximum atomic E-state index is 5.02. The predicted molar refractivity (Wildman–Crippen MR) is 81.4 cm³/mol. The van der Waals surface area contributed by atoms with Crippen molar-refractivity contribution in [2.24, 2.45) is 0 Å². The number of benzene rings is 1. The summed E-state index contributed by atoms with van der Waals surface area (Å²) >= 11 is 5.06. The van der Waals surface area contributed by atoms with Crippen LogP contribution in [0.4, 0.5) is 10.8 Å². The molecule has 0 bridgehead atoms. The molecule has 0 aliphatic heterocycles. The summed E-state index contributed by atoms with van der Waals surface area (Å²) in [6.45, 7) is 0. The van der Waals surface area contributed by atoms with Gasteiger partial charge in [0.25, 0.3) is 0 Å². The Balaban J connectivity index is 1.87. The molecule has 1 N–H and O–H groups in total. The number of ether oxygens (including phenoxy) is 1. The lowest BCUT2D eigenvalue weighted by atomic mass is 10.3. The van der Waals surface area contributed by atoms with E-state index in [1.54, 1.807) is 24.6 Å². The molecule has 0 aliphatic rings. The lowest BCUT2D eigenvalue weighted by Gasteiger charge is -2.02. The summed E-state index contributed by atoms with van der Waals surface area (Å²) in [6, 6.07) is 9.76. The molecule has 0 saturated carbocycles. The Kier molecular flexibility index (Phi) is 3.35. The van der Waals surface area contributed by atoms with Crippen LogP contribution in [0.3, 0.4) is 0 Å². The smallest absolute Gasteiger partial charge is 0.213 e. The molecule has 3 aromatic rings. The second-order valence-electron chi connectivity index (χ2n) is 3.85. The minimum atomic E-state index is 0.596. The molecule has 0 aliphatic carbocycles. The van der Waals surface area contributed by atoms with Gasteiger partial charge in [-0.15, -0.1) is 0 Å². The Hall–Kier alpha value is -1.66. The first kappa shape index (κ1) is 12.4. The van der Waals surface area contributed by atoms with Crippen molar-refractivity contribution in [2.45, 2.75) is 0 Å². The summed E-state index contributed by atoms with van der Waals surface area (Å²) in [4.78, 5) is 8.67. The van der Waals surface area contributed by atoms with Crippen LogP contribution in [0.15, 0.2) is 41.0 Å². The van der Waals surface area contributed by atoms with E-state index in [9.17, 15) is 0 Å². The number of anilines is 2. The Bertz CT molecular complexity index is 711. The number of aromatic nitrogens is 2. The minimum absolute atomic E-state index is 0.596. The van der Waals surface area contributed by atoms with Gasteiger partial charge in [-0.05, 0) is 24.3 Å². The summed E-state index contributed by atoms with van der Waals surface area (Å²) in [5, 5.41) is 4.09. The number of fused-ring (bicyclic) bond motifs is 1. The number of methoxy groups -OCH3 is 1. The molecule has 0 atom stereocenters. The van der Waals surface area contributed by atoms with Gasteiger partial charge in [0.2, 0.25) is 5.88 Å². The SMILES string of the molecule is COc1ccc(Nc2nc3ccc(Br)cc3s2)cn1. The number of thiazole rings is 1. The Morgan fingerprint density at radius 3 is 2.89 bits per heavy atom. The zero-order valence-electron chi connectivity index (χ0n) is 10.1. The first-order valence-electron chi connectivity index (χ1n) is 5.58. The fraction of sp³-hybridized carbons (Fsp3) is 0.0769. The van der Waals surface area contributed by atoms with Gasteiger partial charge in [0.15, 0.2) is 5.13 Å². The average molecular weight is 336 g/mol. The molecule has 2 heterocycles. The quantitative estimate of drug-likeness (QED) is 0.778. The Morgan fingerprint density at radius 2 is 2.16 bits per heavy atom. The predicted octanol–water partition coefficient (Wildman–Crippen LogP) is 4.21. The minimum Gasteiger partial charge on any atom is -0.481 e. The number of pyridine rings is 1. The monoisotopic (exact) mass is 335 g/mol. The van der Waals surface area contributed by atoms with Gasteiger partial charge in [0.05, 0.1) is 29.2 Å². The maximum absolute atomic E-state index is 5.02. The number of nitrogens with zero attached hydrogens (tertiary/aromatic N) is 2. The second kappa shape index (κ2) is 5.14. The summed E-state index contributed by atoms with van der Waals surface area (Å²) < 4.78 is 7.22. The zero-order chi connectivity index (χ0) is 13.2. The van der Waals surface area contributed by atoms with Crippen LogP contribution in [-0.4, -0.2) is 17.1 Å². The van der Waals surface area contributed by atoms with Gasteiger partial charge in [0.1, 0.15) is 0 Å². The summed E-state index contributed by atoms with van der Waals surface area (Å²) in [7, 11) is 1.60. The van der Waals surface area contributed by atoms with E-state index in [0.29, 0.717) is 5.88 Å². The normalized spacial score (nSPS) is 10.6. The first-order chi connectivity index (χ1) is 9.24. The highest BCUT2D eigenvalue weighted by Crippen LogP contribution is 2.30. The molecule has 0 unspecified atom stereocenters. The van der Waals surface area contributed by atoms with Crippen molar-refractivity contribution in [1.82, 2.24) is 9.97 Å². The number of hydrogen-bond donors (Lipinski definition) is 1. The van der Waals surface area contributed by atoms with Gasteiger partial charge in [-0.1, -0.05) is 27.3 Å². The zero-order valence-corrected chi connectivity index (χ0v) is 12.5. The molecule has 0 amide bonds. The molecule has 0 saturated heterocycles. The highest BCUT2D eigenvalue weighted by molar-refractivity contribution is 9.10. The van der Waals surface area contributed by atoms with Gasteiger partial charge in [-0.2, -0.15) is 0 Å². The summed E-state index contributed by atoms with van der Waals surface area (Å²) in [5.74, 6) is 0.596. The van der Waals surface area contributed by atoms with Crippen molar-refractivity contribution < 1.29 is 4.74 Å². The van der Waals surface area contributed by atoms with Crippen molar-refractivity contribution in [3.8, 4) is 5.88 Å². The van der Waals surface area contributed by atoms with Crippen LogP contribution in [0, 0.1) is 0 Å². The molecular formula is C13H10BrN3OS. The molecule has 2 aromatic heterocycles. The van der Waals surface area contributed by atoms with E-state index in [2.05, 4.69) is 37.3 Å². The summed E-state index contributed by atoms with van der Waals surface area (Å²) in [6.07, 6.45) is 1.72. The lowest BCUT2D eigenvalue weighted by Crippen LogP contribution is -1.91. The highest BCUT2D eigenvalue weighted by Gasteiger charge is 2.05. The van der Waals surface area contributed by atoms with Crippen LogP contribution in [0.25, 0.3) is 10.2 Å². The van der Waals surface area contributed by atoms with E-state index in [4.69, 9.17) is 4.74 Å². The van der Waals surface area contributed by atoms with E-state index < -0.39 is 0 Å². The molecular weight excluding hydrogens is 326 g/mol. The van der Waals surface area contributed by atoms with Crippen LogP contribution in [0.1, 0.15) is 0 Å². The third-order valence-electron chi connectivity index (χ3n) is 2.55. The molecule has 0 radical (unpaired) electrons. The van der Waals surface area contributed by atoms with E-state index >= 15 is 0 Å². The number of nitrogens with one attached hydrogen (secondary N) is 1. The molecule has 6 heteroatoms. The Labute approximate surface area is 122 Å². The van der Waals surface area contributed by atoms with Gasteiger partial charge in [0, 0.05) is 10.5 Å². The van der Waals surface area contributed by atoms with Gasteiger partial charge >= 0.3 is 0 Å². The standard InChI is InChI=1S/C13H10BrN3OS/c1-18-12-5-3-9(7-15-12)16-13-17-10-4-2-8(14)6-11(10)19-13/h2-7H,1H3,(H,16,17). The van der Waals surface area contributed by atoms with Crippen molar-refractivity contribution in [1.29, 1.82) is 0 Å². The topological polar surface area (TPSA) is 47.0 Å². The maximum Gasteiger partial charge on any atom is 0.213 e. The van der Waals surface area contributed by atoms with Crippen LogP contribution >= 0.6 is 27.3 Å². The number of rotatable bonds is 3. The number of hydrogen-bond acceptors (Lipinski definition) is 5. The molecule has 1 aromatic carbocycles. The van der Waals surface area contributed by atoms with Gasteiger partial charge < -0.3 is 10.1 Å². The Morgan fingerprint density at radius 1 is 1.26 bits per heavy atom. The molecule has 96 valence electrons. The molecule has 0 fully saturated rings. The first-order valence-corrected chi connectivity index (χ1v) is 7.19. The van der Waals surface area contributed by atoms with Gasteiger partial charge in [-0.3, -0.25) is 0 Å². The molecule has 4 nitrogen and oxygen atoms in total. The van der Waals surface area contributed by atoms with E-state index in [1.165, 1.54) is 0 Å². The van der Waals surface area contributed by atoms with Crippen LogP contribution in [0.2, 0.25) is 0 Å². The fourth-order valence-electron chi connectivity index (χ4n) is 1.65. The average Bonchev–Trinajstić information content (AvgIpc) is 2.81. The van der Waals surface area contributed by atoms with Gasteiger partial charge in [-0.25, -0.2) is 9.97 Å². The van der Waals surface area contributed by atoms with Crippen LogP contribution < -0.4 is 10.1 Å². The molecule has 0 spiro atoms. The van der Waals surface area contributed by atoms with Crippen molar-refractivity contribution >= 4 is 48.3 Å². The van der Waals surface area contributed by atoms with Crippen molar-refractivity contribution in [2.75, 3.05) is 12.4 Å². The highest BCUT2D eigenvalue weighted by atomic mass is 79.9. The lowest BCUT2D eigenvalue weighted by molar-refractivity contribution is 0.398. The van der Waals surface area contributed by atoms with Crippen molar-refractivity contribution in [3.63, 3.8) is 0 Å². The third kappa shape index (κ3) is 2.69. The number of halogens is 1.